The molecule has 0 fully saturated rings. The highest BCUT2D eigenvalue weighted by atomic mass is 16.4. The number of hydrogen-bond donors (Lipinski definition) is 2. The van der Waals surface area contributed by atoms with Gasteiger partial charge in [0.15, 0.2) is 0 Å². The SMILES string of the molecule is CCC(C(=O)NC(C)(CC(=O)O)C(C)C)c1ccccc1. The fourth-order valence-electron chi connectivity index (χ4n) is 2.33. The van der Waals surface area contributed by atoms with Crippen LogP contribution in [0.5, 0.6) is 0 Å². The molecule has 0 saturated heterocycles. The predicted molar refractivity (Wildman–Crippen MR) is 83.1 cm³/mol. The molecule has 1 rings (SSSR count). The zero-order chi connectivity index (χ0) is 16.0. The average molecular weight is 291 g/mol. The van der Waals surface area contributed by atoms with E-state index in [1.54, 1.807) is 6.92 Å². The van der Waals surface area contributed by atoms with Crippen molar-refractivity contribution >= 4 is 11.9 Å². The fraction of sp³-hybridized carbons (Fsp3) is 0.529. The second-order valence-corrected chi connectivity index (χ2v) is 6.00. The fourth-order valence-corrected chi connectivity index (χ4v) is 2.33. The lowest BCUT2D eigenvalue weighted by Crippen LogP contribution is -2.52. The van der Waals surface area contributed by atoms with Crippen LogP contribution >= 0.6 is 0 Å². The van der Waals surface area contributed by atoms with Gasteiger partial charge in [0.25, 0.3) is 0 Å². The van der Waals surface area contributed by atoms with Gasteiger partial charge in [0.2, 0.25) is 5.91 Å². The highest BCUT2D eigenvalue weighted by molar-refractivity contribution is 5.85. The number of carbonyl (C=O) groups excluding carboxylic acids is 1. The van der Waals surface area contributed by atoms with Gasteiger partial charge in [0, 0.05) is 5.54 Å². The first-order chi connectivity index (χ1) is 9.80. The number of benzene rings is 1. The number of amides is 1. The Hall–Kier alpha value is -1.84. The smallest absolute Gasteiger partial charge is 0.305 e. The summed E-state index contributed by atoms with van der Waals surface area (Å²) in [6.45, 7) is 7.60. The van der Waals surface area contributed by atoms with E-state index in [2.05, 4.69) is 5.32 Å². The highest BCUT2D eigenvalue weighted by Crippen LogP contribution is 2.25. The number of carboxylic acids is 1. The van der Waals surface area contributed by atoms with Crippen LogP contribution < -0.4 is 5.32 Å². The minimum atomic E-state index is -0.903. The Morgan fingerprint density at radius 2 is 1.81 bits per heavy atom. The molecule has 21 heavy (non-hydrogen) atoms. The van der Waals surface area contributed by atoms with Crippen LogP contribution in [0, 0.1) is 5.92 Å². The molecule has 0 aromatic heterocycles. The van der Waals surface area contributed by atoms with E-state index in [0.29, 0.717) is 6.42 Å². The summed E-state index contributed by atoms with van der Waals surface area (Å²) in [7, 11) is 0. The molecule has 1 amide bonds. The summed E-state index contributed by atoms with van der Waals surface area (Å²) in [5.41, 5.74) is 0.212. The van der Waals surface area contributed by atoms with Crippen LogP contribution in [0.3, 0.4) is 0 Å². The van der Waals surface area contributed by atoms with Gasteiger partial charge >= 0.3 is 5.97 Å². The van der Waals surface area contributed by atoms with Gasteiger partial charge < -0.3 is 10.4 Å². The number of rotatable bonds is 7. The van der Waals surface area contributed by atoms with Crippen LogP contribution in [0.25, 0.3) is 0 Å². The van der Waals surface area contributed by atoms with E-state index in [1.165, 1.54) is 0 Å². The lowest BCUT2D eigenvalue weighted by Gasteiger charge is -2.35. The van der Waals surface area contributed by atoms with E-state index in [0.717, 1.165) is 5.56 Å². The number of aliphatic carboxylic acids is 1. The molecular weight excluding hydrogens is 266 g/mol. The van der Waals surface area contributed by atoms with Gasteiger partial charge in [-0.2, -0.15) is 0 Å². The zero-order valence-corrected chi connectivity index (χ0v) is 13.2. The third kappa shape index (κ3) is 4.59. The van der Waals surface area contributed by atoms with Gasteiger partial charge in [-0.05, 0) is 24.8 Å². The summed E-state index contributed by atoms with van der Waals surface area (Å²) in [5.74, 6) is -1.23. The zero-order valence-electron chi connectivity index (χ0n) is 13.2. The van der Waals surface area contributed by atoms with Gasteiger partial charge in [-0.1, -0.05) is 51.1 Å². The second-order valence-electron chi connectivity index (χ2n) is 6.00. The molecule has 0 bridgehead atoms. The number of carbonyl (C=O) groups is 2. The molecule has 1 aromatic carbocycles. The first kappa shape index (κ1) is 17.2. The quantitative estimate of drug-likeness (QED) is 0.810. The molecule has 4 nitrogen and oxygen atoms in total. The molecule has 1 aromatic rings. The van der Waals surface area contributed by atoms with Crippen molar-refractivity contribution in [1.29, 1.82) is 0 Å². The Kier molecular flexibility index (Phi) is 5.94. The minimum absolute atomic E-state index is 0.0332. The van der Waals surface area contributed by atoms with Crippen LogP contribution in [0.4, 0.5) is 0 Å². The Morgan fingerprint density at radius 3 is 2.24 bits per heavy atom. The van der Waals surface area contributed by atoms with Gasteiger partial charge in [0.05, 0.1) is 12.3 Å². The summed E-state index contributed by atoms with van der Waals surface area (Å²) in [4.78, 5) is 23.6. The summed E-state index contributed by atoms with van der Waals surface area (Å²) < 4.78 is 0. The van der Waals surface area contributed by atoms with Crippen molar-refractivity contribution in [3.05, 3.63) is 35.9 Å². The summed E-state index contributed by atoms with van der Waals surface area (Å²) in [6, 6.07) is 9.58. The maximum atomic E-state index is 12.6. The van der Waals surface area contributed by atoms with Gasteiger partial charge in [0.1, 0.15) is 0 Å². The van der Waals surface area contributed by atoms with Crippen molar-refractivity contribution in [2.75, 3.05) is 0 Å². The first-order valence-electron chi connectivity index (χ1n) is 7.39. The first-order valence-corrected chi connectivity index (χ1v) is 7.39. The van der Waals surface area contributed by atoms with Crippen molar-refractivity contribution in [3.8, 4) is 0 Å². The summed E-state index contributed by atoms with van der Waals surface area (Å²) in [6.07, 6.45) is 0.596. The molecule has 0 aliphatic rings. The maximum absolute atomic E-state index is 12.6. The molecule has 0 saturated carbocycles. The molecular formula is C17H25NO3. The van der Waals surface area contributed by atoms with Crippen LogP contribution in [0.15, 0.2) is 30.3 Å². The lowest BCUT2D eigenvalue weighted by molar-refractivity contribution is -0.139. The van der Waals surface area contributed by atoms with Crippen molar-refractivity contribution < 1.29 is 14.7 Å². The number of nitrogens with one attached hydrogen (secondary N) is 1. The van der Waals surface area contributed by atoms with Crippen molar-refractivity contribution in [3.63, 3.8) is 0 Å². The lowest BCUT2D eigenvalue weighted by atomic mass is 9.84. The Morgan fingerprint density at radius 1 is 1.24 bits per heavy atom. The van der Waals surface area contributed by atoms with Crippen molar-refractivity contribution in [2.45, 2.75) is 52.0 Å². The van der Waals surface area contributed by atoms with E-state index < -0.39 is 11.5 Å². The Balaban J connectivity index is 2.92. The van der Waals surface area contributed by atoms with Crippen LogP contribution in [-0.2, 0) is 9.59 Å². The molecule has 0 radical (unpaired) electrons. The third-order valence-electron chi connectivity index (χ3n) is 4.13. The molecule has 2 N–H and O–H groups in total. The largest absolute Gasteiger partial charge is 0.481 e. The van der Waals surface area contributed by atoms with Gasteiger partial charge in [-0.25, -0.2) is 0 Å². The third-order valence-corrected chi connectivity index (χ3v) is 4.13. The Bertz CT molecular complexity index is 484. The molecule has 116 valence electrons. The standard InChI is InChI=1S/C17H25NO3/c1-5-14(13-9-7-6-8-10-13)16(21)18-17(4,12(2)3)11-15(19)20/h6-10,12,14H,5,11H2,1-4H3,(H,18,21)(H,19,20). The summed E-state index contributed by atoms with van der Waals surface area (Å²) >= 11 is 0. The monoisotopic (exact) mass is 291 g/mol. The van der Waals surface area contributed by atoms with Crippen molar-refractivity contribution in [1.82, 2.24) is 5.32 Å². The van der Waals surface area contributed by atoms with E-state index in [4.69, 9.17) is 5.11 Å². The van der Waals surface area contributed by atoms with E-state index >= 15 is 0 Å². The van der Waals surface area contributed by atoms with Gasteiger partial charge in [-0.3, -0.25) is 9.59 Å². The normalized spacial score (nSPS) is 15.3. The van der Waals surface area contributed by atoms with E-state index in [9.17, 15) is 9.59 Å². The van der Waals surface area contributed by atoms with E-state index in [-0.39, 0.29) is 24.2 Å². The van der Waals surface area contributed by atoms with Gasteiger partial charge in [-0.15, -0.1) is 0 Å². The number of hydrogen-bond acceptors (Lipinski definition) is 2. The minimum Gasteiger partial charge on any atom is -0.481 e. The van der Waals surface area contributed by atoms with Crippen molar-refractivity contribution in [2.24, 2.45) is 5.92 Å². The van der Waals surface area contributed by atoms with Crippen LogP contribution in [0.2, 0.25) is 0 Å². The highest BCUT2D eigenvalue weighted by Gasteiger charge is 2.34. The molecule has 2 unspecified atom stereocenters. The predicted octanol–water partition coefficient (Wildman–Crippen LogP) is 3.19. The molecule has 0 heterocycles. The average Bonchev–Trinajstić information content (AvgIpc) is 2.39. The molecule has 4 heteroatoms. The molecule has 0 spiro atoms. The summed E-state index contributed by atoms with van der Waals surface area (Å²) in [5, 5.41) is 12.0. The number of carboxylic acid groups (broad SMARTS) is 1. The Labute approximate surface area is 126 Å². The van der Waals surface area contributed by atoms with Crippen LogP contribution in [0.1, 0.15) is 52.0 Å². The molecule has 0 aliphatic carbocycles. The van der Waals surface area contributed by atoms with Crippen LogP contribution in [-0.4, -0.2) is 22.5 Å². The maximum Gasteiger partial charge on any atom is 0.305 e. The molecule has 0 aliphatic heterocycles. The second kappa shape index (κ2) is 7.25. The van der Waals surface area contributed by atoms with E-state index in [1.807, 2.05) is 51.1 Å². The topological polar surface area (TPSA) is 66.4 Å². The molecule has 2 atom stereocenters.